The second-order valence-electron chi connectivity index (χ2n) is 6.07. The van der Waals surface area contributed by atoms with Gasteiger partial charge in [-0.15, -0.1) is 0 Å². The van der Waals surface area contributed by atoms with Crippen LogP contribution in [0, 0.1) is 13.8 Å². The molecule has 0 fully saturated rings. The molecule has 0 aliphatic heterocycles. The second-order valence-corrected chi connectivity index (χ2v) is 6.07. The summed E-state index contributed by atoms with van der Waals surface area (Å²) in [6.07, 6.45) is 2.86. The number of para-hydroxylation sites is 1. The molecule has 0 aliphatic rings. The monoisotopic (exact) mass is 321 g/mol. The van der Waals surface area contributed by atoms with Crippen LogP contribution in [0.1, 0.15) is 34.0 Å². The number of rotatable bonds is 4. The lowest BCUT2D eigenvalue weighted by molar-refractivity contribution is 0.100. The minimum Gasteiger partial charge on any atom is -0.387 e. The zero-order valence-corrected chi connectivity index (χ0v) is 14.6. The fourth-order valence-corrected chi connectivity index (χ4v) is 3.65. The van der Waals surface area contributed by atoms with Crippen LogP contribution in [0.25, 0.3) is 22.0 Å². The third-order valence-electron chi connectivity index (χ3n) is 4.87. The van der Waals surface area contributed by atoms with E-state index in [2.05, 4.69) is 42.5 Å². The molecule has 4 N–H and O–H groups in total. The molecule has 0 aliphatic carbocycles. The van der Waals surface area contributed by atoms with Gasteiger partial charge in [0.15, 0.2) is 0 Å². The summed E-state index contributed by atoms with van der Waals surface area (Å²) >= 11 is 0. The van der Waals surface area contributed by atoms with Gasteiger partial charge >= 0.3 is 0 Å². The Morgan fingerprint density at radius 3 is 2.54 bits per heavy atom. The molecule has 0 radical (unpaired) electrons. The summed E-state index contributed by atoms with van der Waals surface area (Å²) in [5.74, 6) is -0.389. The van der Waals surface area contributed by atoms with Crippen molar-refractivity contribution < 1.29 is 4.79 Å². The van der Waals surface area contributed by atoms with E-state index in [-0.39, 0.29) is 5.91 Å². The summed E-state index contributed by atoms with van der Waals surface area (Å²) in [6.45, 7) is 6.14. The quantitative estimate of drug-likeness (QED) is 0.675. The van der Waals surface area contributed by atoms with Gasteiger partial charge in [-0.2, -0.15) is 0 Å². The van der Waals surface area contributed by atoms with Gasteiger partial charge in [-0.25, -0.2) is 0 Å². The van der Waals surface area contributed by atoms with E-state index < -0.39 is 0 Å². The number of carbonyl (C=O) groups excluding carboxylic acids is 1. The molecule has 3 rings (SSSR count). The van der Waals surface area contributed by atoms with E-state index in [0.29, 0.717) is 5.56 Å². The summed E-state index contributed by atoms with van der Waals surface area (Å²) in [6, 6.07) is 8.26. The molecule has 0 saturated heterocycles. The van der Waals surface area contributed by atoms with Crippen LogP contribution in [0.2, 0.25) is 0 Å². The molecule has 0 spiro atoms. The van der Waals surface area contributed by atoms with Crippen LogP contribution < -0.4 is 11.1 Å². The number of aromatic nitrogens is 1. The first-order chi connectivity index (χ1) is 11.5. The maximum atomic E-state index is 12.0. The zero-order valence-electron chi connectivity index (χ0n) is 14.6. The highest BCUT2D eigenvalue weighted by Crippen LogP contribution is 2.40. The van der Waals surface area contributed by atoms with Crippen LogP contribution in [0.4, 0.5) is 5.69 Å². The molecule has 1 aromatic heterocycles. The Bertz CT molecular complexity index is 938. The van der Waals surface area contributed by atoms with Gasteiger partial charge in [-0.05, 0) is 48.6 Å². The highest BCUT2D eigenvalue weighted by molar-refractivity contribution is 6.05. The maximum Gasteiger partial charge on any atom is 0.251 e. The Morgan fingerprint density at radius 2 is 1.92 bits per heavy atom. The Kier molecular flexibility index (Phi) is 4.06. The van der Waals surface area contributed by atoms with Gasteiger partial charge in [0.1, 0.15) is 0 Å². The normalized spacial score (nSPS) is 11.0. The van der Waals surface area contributed by atoms with Gasteiger partial charge in [0.05, 0.1) is 11.3 Å². The highest BCUT2D eigenvalue weighted by atomic mass is 16.1. The van der Waals surface area contributed by atoms with Crippen LogP contribution in [0.5, 0.6) is 0 Å². The number of amides is 1. The van der Waals surface area contributed by atoms with Gasteiger partial charge in [0.2, 0.25) is 0 Å². The first-order valence-electron chi connectivity index (χ1n) is 8.21. The molecule has 3 aromatic rings. The van der Waals surface area contributed by atoms with E-state index in [1.165, 1.54) is 10.9 Å². The fraction of sp³-hybridized carbons (Fsp3) is 0.250. The van der Waals surface area contributed by atoms with E-state index >= 15 is 0 Å². The lowest BCUT2D eigenvalue weighted by Gasteiger charge is -2.22. The van der Waals surface area contributed by atoms with E-state index in [0.717, 1.165) is 39.9 Å². The standard InChI is InChI=1S/C20H23N3O/c1-5-13-17(15-10-23-16-9-7-6-8-14(15)16)11(2)12(3)18(20(21)24)19(13)22-4/h6-10,22-23H,5H2,1-4H3,(H2,21,24). The third-order valence-corrected chi connectivity index (χ3v) is 4.87. The number of aromatic amines is 1. The Hall–Kier alpha value is -2.75. The Morgan fingerprint density at radius 1 is 1.21 bits per heavy atom. The van der Waals surface area contributed by atoms with Crippen LogP contribution >= 0.6 is 0 Å². The minimum atomic E-state index is -0.389. The average molecular weight is 321 g/mol. The summed E-state index contributed by atoms with van der Waals surface area (Å²) in [7, 11) is 1.84. The predicted molar refractivity (Wildman–Crippen MR) is 101 cm³/mol. The first kappa shape index (κ1) is 16.1. The SMILES string of the molecule is CCc1c(NC)c(C(N)=O)c(C)c(C)c1-c1c[nH]c2ccccc12. The van der Waals surface area contributed by atoms with Crippen molar-refractivity contribution in [3.63, 3.8) is 0 Å². The van der Waals surface area contributed by atoms with E-state index in [1.807, 2.05) is 26.1 Å². The van der Waals surface area contributed by atoms with E-state index in [4.69, 9.17) is 5.73 Å². The average Bonchev–Trinajstić information content (AvgIpc) is 2.99. The number of anilines is 1. The van der Waals surface area contributed by atoms with E-state index in [9.17, 15) is 4.79 Å². The molecule has 0 bridgehead atoms. The third kappa shape index (κ3) is 2.26. The molecule has 0 saturated carbocycles. The van der Waals surface area contributed by atoms with E-state index in [1.54, 1.807) is 0 Å². The number of H-pyrrole nitrogens is 1. The largest absolute Gasteiger partial charge is 0.387 e. The van der Waals surface area contributed by atoms with Gasteiger partial charge in [0, 0.05) is 29.7 Å². The topological polar surface area (TPSA) is 70.9 Å². The summed E-state index contributed by atoms with van der Waals surface area (Å²) in [4.78, 5) is 15.4. The molecule has 2 aromatic carbocycles. The maximum absolute atomic E-state index is 12.0. The van der Waals surface area contributed by atoms with Gasteiger partial charge in [-0.3, -0.25) is 4.79 Å². The molecule has 124 valence electrons. The first-order valence-corrected chi connectivity index (χ1v) is 8.21. The number of benzene rings is 2. The summed E-state index contributed by atoms with van der Waals surface area (Å²) < 4.78 is 0. The number of nitrogens with one attached hydrogen (secondary N) is 2. The smallest absolute Gasteiger partial charge is 0.251 e. The van der Waals surface area contributed by atoms with Crippen molar-refractivity contribution in [3.8, 4) is 11.1 Å². The van der Waals surface area contributed by atoms with Crippen molar-refractivity contribution >= 4 is 22.5 Å². The van der Waals surface area contributed by atoms with Gasteiger partial charge in [0.25, 0.3) is 5.91 Å². The van der Waals surface area contributed by atoms with Crippen LogP contribution in [-0.4, -0.2) is 17.9 Å². The number of carbonyl (C=O) groups is 1. The lowest BCUT2D eigenvalue weighted by atomic mass is 9.85. The number of nitrogens with two attached hydrogens (primary N) is 1. The molecule has 24 heavy (non-hydrogen) atoms. The molecule has 4 heteroatoms. The molecule has 0 atom stereocenters. The Balaban J connectivity index is 2.44. The summed E-state index contributed by atoms with van der Waals surface area (Å²) in [5.41, 5.74) is 13.7. The molecule has 0 unspecified atom stereocenters. The molecule has 1 heterocycles. The van der Waals surface area contributed by atoms with Crippen molar-refractivity contribution in [2.45, 2.75) is 27.2 Å². The lowest BCUT2D eigenvalue weighted by Crippen LogP contribution is -2.18. The van der Waals surface area contributed by atoms with Gasteiger partial charge < -0.3 is 16.0 Å². The predicted octanol–water partition coefficient (Wildman–Crippen LogP) is 4.15. The van der Waals surface area contributed by atoms with Gasteiger partial charge in [-0.1, -0.05) is 25.1 Å². The van der Waals surface area contributed by atoms with Crippen molar-refractivity contribution in [1.29, 1.82) is 0 Å². The van der Waals surface area contributed by atoms with Crippen molar-refractivity contribution in [3.05, 3.63) is 52.7 Å². The molecule has 4 nitrogen and oxygen atoms in total. The minimum absolute atomic E-state index is 0.389. The molecule has 1 amide bonds. The van der Waals surface area contributed by atoms with Crippen LogP contribution in [0.3, 0.4) is 0 Å². The number of primary amides is 1. The summed E-state index contributed by atoms with van der Waals surface area (Å²) in [5, 5.41) is 4.39. The number of fused-ring (bicyclic) bond motifs is 1. The van der Waals surface area contributed by atoms with Crippen LogP contribution in [0.15, 0.2) is 30.5 Å². The second kappa shape index (κ2) is 6.04. The Labute approximate surface area is 142 Å². The van der Waals surface area contributed by atoms with Crippen molar-refractivity contribution in [2.75, 3.05) is 12.4 Å². The van der Waals surface area contributed by atoms with Crippen molar-refractivity contribution in [1.82, 2.24) is 4.98 Å². The number of hydrogen-bond acceptors (Lipinski definition) is 2. The molecular weight excluding hydrogens is 298 g/mol. The molecular formula is C20H23N3O. The zero-order chi connectivity index (χ0) is 17.4. The fourth-order valence-electron chi connectivity index (χ4n) is 3.65. The van der Waals surface area contributed by atoms with Crippen molar-refractivity contribution in [2.24, 2.45) is 5.73 Å². The van der Waals surface area contributed by atoms with Crippen LogP contribution in [-0.2, 0) is 6.42 Å². The highest BCUT2D eigenvalue weighted by Gasteiger charge is 2.23. The number of hydrogen-bond donors (Lipinski definition) is 3.